The quantitative estimate of drug-likeness (QED) is 0.837. The van der Waals surface area contributed by atoms with Crippen LogP contribution in [0, 0.1) is 5.92 Å². The van der Waals surface area contributed by atoms with Gasteiger partial charge in [-0.3, -0.25) is 4.79 Å². The van der Waals surface area contributed by atoms with Crippen molar-refractivity contribution in [1.29, 1.82) is 0 Å². The minimum Gasteiger partial charge on any atom is -0.453 e. The molecule has 1 aromatic heterocycles. The molecule has 1 heterocycles. The molecule has 3 nitrogen and oxygen atoms in total. The number of nitrogens with two attached hydrogens (primary N) is 1. The molecule has 100 valence electrons. The molecule has 1 fully saturated rings. The van der Waals surface area contributed by atoms with E-state index in [2.05, 4.69) is 6.92 Å². The number of ketones is 1. The van der Waals surface area contributed by atoms with Crippen molar-refractivity contribution in [2.24, 2.45) is 11.7 Å². The first-order valence-corrected chi connectivity index (χ1v) is 6.91. The van der Waals surface area contributed by atoms with Crippen LogP contribution < -0.4 is 5.73 Å². The number of hydrogen-bond donors (Lipinski definition) is 1. The van der Waals surface area contributed by atoms with E-state index in [1.54, 1.807) is 0 Å². The number of furan rings is 1. The van der Waals surface area contributed by atoms with Gasteiger partial charge in [0.1, 0.15) is 5.58 Å². The minimum absolute atomic E-state index is 0.0461. The topological polar surface area (TPSA) is 56.2 Å². The summed E-state index contributed by atoms with van der Waals surface area (Å²) in [6.45, 7) is 2.16. The first-order valence-electron chi connectivity index (χ1n) is 6.91. The number of fused-ring (bicyclic) bond motifs is 1. The molecule has 2 N–H and O–H groups in total. The van der Waals surface area contributed by atoms with Crippen LogP contribution in [0.3, 0.4) is 0 Å². The van der Waals surface area contributed by atoms with Gasteiger partial charge >= 0.3 is 0 Å². The van der Waals surface area contributed by atoms with E-state index in [0.29, 0.717) is 11.7 Å². The van der Waals surface area contributed by atoms with Crippen molar-refractivity contribution in [3.63, 3.8) is 0 Å². The molecule has 1 aromatic carbocycles. The fourth-order valence-electron chi connectivity index (χ4n) is 3.14. The molecule has 0 radical (unpaired) electrons. The molecule has 0 bridgehead atoms. The molecule has 1 aliphatic carbocycles. The summed E-state index contributed by atoms with van der Waals surface area (Å²) in [5.41, 5.74) is 6.34. The first kappa shape index (κ1) is 12.4. The Morgan fingerprint density at radius 3 is 2.95 bits per heavy atom. The molecule has 0 aliphatic heterocycles. The zero-order valence-corrected chi connectivity index (χ0v) is 11.2. The molecule has 2 unspecified atom stereocenters. The molecular weight excluding hydrogens is 238 g/mol. The molecular formula is C16H19NO2. The van der Waals surface area contributed by atoms with Crippen molar-refractivity contribution >= 4 is 16.8 Å². The summed E-state index contributed by atoms with van der Waals surface area (Å²) in [7, 11) is 0. The maximum atomic E-state index is 12.6. The molecule has 2 atom stereocenters. The van der Waals surface area contributed by atoms with Crippen LogP contribution in [0.4, 0.5) is 0 Å². The van der Waals surface area contributed by atoms with Crippen molar-refractivity contribution in [3.05, 3.63) is 36.1 Å². The lowest BCUT2D eigenvalue weighted by Crippen LogP contribution is -2.50. The molecule has 1 aliphatic rings. The third-order valence-corrected chi connectivity index (χ3v) is 4.13. The summed E-state index contributed by atoms with van der Waals surface area (Å²) in [4.78, 5) is 12.6. The van der Waals surface area contributed by atoms with Crippen LogP contribution in [-0.4, -0.2) is 11.3 Å². The van der Waals surface area contributed by atoms with E-state index in [0.717, 1.165) is 36.7 Å². The van der Waals surface area contributed by atoms with Gasteiger partial charge in [-0.15, -0.1) is 0 Å². The van der Waals surface area contributed by atoms with Crippen LogP contribution in [0.1, 0.15) is 43.2 Å². The van der Waals surface area contributed by atoms with Crippen molar-refractivity contribution in [3.8, 4) is 0 Å². The van der Waals surface area contributed by atoms with Gasteiger partial charge in [0.2, 0.25) is 5.78 Å². The lowest BCUT2D eigenvalue weighted by atomic mass is 9.74. The molecule has 19 heavy (non-hydrogen) atoms. The number of para-hydroxylation sites is 1. The van der Waals surface area contributed by atoms with Crippen LogP contribution in [0.15, 0.2) is 34.7 Å². The van der Waals surface area contributed by atoms with Crippen molar-refractivity contribution in [1.82, 2.24) is 0 Å². The fraction of sp³-hybridized carbons (Fsp3) is 0.438. The maximum Gasteiger partial charge on any atom is 0.217 e. The Labute approximate surface area is 112 Å². The Bertz CT molecular complexity index is 583. The first-order chi connectivity index (χ1) is 9.08. The third-order valence-electron chi connectivity index (χ3n) is 4.13. The Morgan fingerprint density at radius 2 is 2.21 bits per heavy atom. The Morgan fingerprint density at radius 1 is 1.42 bits per heavy atom. The van der Waals surface area contributed by atoms with Gasteiger partial charge in [0.25, 0.3) is 0 Å². The second-order valence-corrected chi connectivity index (χ2v) is 5.84. The highest BCUT2D eigenvalue weighted by Crippen LogP contribution is 2.34. The summed E-state index contributed by atoms with van der Waals surface area (Å²) in [5, 5.41) is 0.957. The van der Waals surface area contributed by atoms with E-state index in [-0.39, 0.29) is 5.78 Å². The van der Waals surface area contributed by atoms with Crippen molar-refractivity contribution in [2.45, 2.75) is 38.1 Å². The predicted molar refractivity (Wildman–Crippen MR) is 75.1 cm³/mol. The summed E-state index contributed by atoms with van der Waals surface area (Å²) in [6.07, 6.45) is 3.69. The predicted octanol–water partition coefficient (Wildman–Crippen LogP) is 3.52. The number of hydrogen-bond acceptors (Lipinski definition) is 3. The van der Waals surface area contributed by atoms with Gasteiger partial charge in [0, 0.05) is 5.39 Å². The van der Waals surface area contributed by atoms with Crippen LogP contribution in [0.5, 0.6) is 0 Å². The maximum absolute atomic E-state index is 12.6. The Kier molecular flexibility index (Phi) is 2.94. The third kappa shape index (κ3) is 2.19. The molecule has 0 saturated heterocycles. The van der Waals surface area contributed by atoms with E-state index < -0.39 is 5.54 Å². The molecule has 3 rings (SSSR count). The van der Waals surface area contributed by atoms with Gasteiger partial charge in [-0.1, -0.05) is 38.0 Å². The highest BCUT2D eigenvalue weighted by atomic mass is 16.3. The molecule has 0 amide bonds. The summed E-state index contributed by atoms with van der Waals surface area (Å²) in [6, 6.07) is 9.47. The average molecular weight is 257 g/mol. The lowest BCUT2D eigenvalue weighted by Gasteiger charge is -2.34. The molecule has 3 heteroatoms. The fourth-order valence-corrected chi connectivity index (χ4v) is 3.14. The smallest absolute Gasteiger partial charge is 0.217 e. The van der Waals surface area contributed by atoms with Crippen molar-refractivity contribution in [2.75, 3.05) is 0 Å². The van der Waals surface area contributed by atoms with Gasteiger partial charge in [0.05, 0.1) is 5.54 Å². The Hall–Kier alpha value is -1.61. The second kappa shape index (κ2) is 4.49. The highest BCUT2D eigenvalue weighted by Gasteiger charge is 2.39. The SMILES string of the molecule is CC1CCCC(N)(C(=O)c2cc3ccccc3o2)C1. The average Bonchev–Trinajstić information content (AvgIpc) is 2.81. The molecule has 0 spiro atoms. The van der Waals surface area contributed by atoms with Gasteiger partial charge < -0.3 is 10.2 Å². The zero-order valence-electron chi connectivity index (χ0n) is 11.2. The number of benzene rings is 1. The summed E-state index contributed by atoms with van der Waals surface area (Å²) >= 11 is 0. The van der Waals surface area contributed by atoms with Gasteiger partial charge in [-0.25, -0.2) is 0 Å². The van der Waals surface area contributed by atoms with E-state index in [1.165, 1.54) is 0 Å². The van der Waals surface area contributed by atoms with E-state index >= 15 is 0 Å². The zero-order chi connectivity index (χ0) is 13.5. The monoisotopic (exact) mass is 257 g/mol. The standard InChI is InChI=1S/C16H19NO2/c1-11-5-4-8-16(17,10-11)15(18)14-9-12-6-2-3-7-13(12)19-14/h2-3,6-7,9,11H,4-5,8,10,17H2,1H3. The van der Waals surface area contributed by atoms with Gasteiger partial charge in [0.15, 0.2) is 5.76 Å². The van der Waals surface area contributed by atoms with Crippen molar-refractivity contribution < 1.29 is 9.21 Å². The van der Waals surface area contributed by atoms with Crippen LogP contribution in [0.2, 0.25) is 0 Å². The number of Topliss-reactive ketones (excluding diaryl/α,β-unsaturated/α-hetero) is 1. The molecule has 2 aromatic rings. The normalized spacial score (nSPS) is 27.6. The number of carbonyl (C=O) groups is 1. The highest BCUT2D eigenvalue weighted by molar-refractivity contribution is 6.03. The molecule has 1 saturated carbocycles. The number of carbonyl (C=O) groups excluding carboxylic acids is 1. The second-order valence-electron chi connectivity index (χ2n) is 5.84. The number of rotatable bonds is 2. The lowest BCUT2D eigenvalue weighted by molar-refractivity contribution is 0.0792. The van der Waals surface area contributed by atoms with E-state index in [1.807, 2.05) is 30.3 Å². The summed E-state index contributed by atoms with van der Waals surface area (Å²) < 4.78 is 5.65. The largest absolute Gasteiger partial charge is 0.453 e. The van der Waals surface area contributed by atoms with Gasteiger partial charge in [-0.05, 0) is 30.9 Å². The van der Waals surface area contributed by atoms with Crippen LogP contribution in [0.25, 0.3) is 11.0 Å². The van der Waals surface area contributed by atoms with Gasteiger partial charge in [-0.2, -0.15) is 0 Å². The Balaban J connectivity index is 1.94. The van der Waals surface area contributed by atoms with E-state index in [4.69, 9.17) is 10.2 Å². The summed E-state index contributed by atoms with van der Waals surface area (Å²) in [5.74, 6) is 0.861. The van der Waals surface area contributed by atoms with Crippen LogP contribution in [-0.2, 0) is 0 Å². The van der Waals surface area contributed by atoms with E-state index in [9.17, 15) is 4.79 Å². The van der Waals surface area contributed by atoms with Crippen LogP contribution >= 0.6 is 0 Å². The minimum atomic E-state index is -0.745.